The molecule has 2 unspecified atom stereocenters. The molecule has 4 rings (SSSR count). The van der Waals surface area contributed by atoms with E-state index in [0.29, 0.717) is 12.1 Å². The van der Waals surface area contributed by atoms with Crippen molar-refractivity contribution in [3.63, 3.8) is 0 Å². The second kappa shape index (κ2) is 9.05. The number of carbonyl (C=O) groups is 3. The Balaban J connectivity index is 1.70. The van der Waals surface area contributed by atoms with Crippen molar-refractivity contribution in [3.05, 3.63) is 30.3 Å². The van der Waals surface area contributed by atoms with Crippen molar-refractivity contribution >= 4 is 35.2 Å². The Morgan fingerprint density at radius 2 is 1.78 bits per heavy atom. The maximum Gasteiger partial charge on any atom is 0.244 e. The van der Waals surface area contributed by atoms with Crippen LogP contribution in [-0.4, -0.2) is 61.5 Å². The van der Waals surface area contributed by atoms with Crippen LogP contribution in [0.2, 0.25) is 0 Å². The number of para-hydroxylation sites is 1. The van der Waals surface area contributed by atoms with E-state index in [9.17, 15) is 19.5 Å². The Kier molecular flexibility index (Phi) is 6.78. The molecule has 0 saturated carbocycles. The Labute approximate surface area is 219 Å². The SMILES string of the molecule is C[C@H](CO)N1C(=O)[C@@H]2[C@H](C(=O)Nc3ccccc3)[C@]3(C)CCC2(S3)C1C(=O)NC(C)(C)CC(C)(C)C. The van der Waals surface area contributed by atoms with E-state index in [0.717, 1.165) is 12.8 Å². The second-order valence-electron chi connectivity index (χ2n) is 13.0. The molecule has 0 aromatic heterocycles. The lowest BCUT2D eigenvalue weighted by Crippen LogP contribution is -2.59. The van der Waals surface area contributed by atoms with Gasteiger partial charge in [-0.05, 0) is 64.5 Å². The van der Waals surface area contributed by atoms with Crippen molar-refractivity contribution < 1.29 is 19.5 Å². The Morgan fingerprint density at radius 1 is 1.14 bits per heavy atom. The maximum absolute atomic E-state index is 14.0. The summed E-state index contributed by atoms with van der Waals surface area (Å²) in [5.74, 6) is -1.74. The van der Waals surface area contributed by atoms with Crippen molar-refractivity contribution in [3.8, 4) is 0 Å². The number of nitrogens with one attached hydrogen (secondary N) is 2. The summed E-state index contributed by atoms with van der Waals surface area (Å²) in [5, 5.41) is 16.3. The lowest BCUT2D eigenvalue weighted by atomic mass is 9.66. The number of hydrogen-bond donors (Lipinski definition) is 3. The molecule has 0 radical (unpaired) electrons. The summed E-state index contributed by atoms with van der Waals surface area (Å²) in [6.07, 6.45) is 2.21. The summed E-state index contributed by atoms with van der Waals surface area (Å²) < 4.78 is -1.14. The first-order valence-electron chi connectivity index (χ1n) is 13.0. The van der Waals surface area contributed by atoms with Gasteiger partial charge >= 0.3 is 0 Å². The van der Waals surface area contributed by atoms with Crippen LogP contribution in [0, 0.1) is 17.3 Å². The number of aliphatic hydroxyl groups excluding tert-OH is 1. The third-order valence-electron chi connectivity index (χ3n) is 7.96. The maximum atomic E-state index is 14.0. The van der Waals surface area contributed by atoms with E-state index in [1.54, 1.807) is 23.6 Å². The van der Waals surface area contributed by atoms with Crippen LogP contribution in [0.25, 0.3) is 0 Å². The number of rotatable bonds is 7. The average molecular weight is 516 g/mol. The smallest absolute Gasteiger partial charge is 0.244 e. The molecule has 0 aliphatic carbocycles. The lowest BCUT2D eigenvalue weighted by Gasteiger charge is -2.40. The number of nitrogens with zero attached hydrogens (tertiary/aromatic N) is 1. The molecule has 6 atom stereocenters. The summed E-state index contributed by atoms with van der Waals surface area (Å²) in [5.41, 5.74) is 0.226. The van der Waals surface area contributed by atoms with Gasteiger partial charge in [0, 0.05) is 16.0 Å². The Bertz CT molecular complexity index is 1040. The van der Waals surface area contributed by atoms with Crippen LogP contribution in [-0.2, 0) is 14.4 Å². The van der Waals surface area contributed by atoms with E-state index < -0.39 is 39.0 Å². The first-order valence-corrected chi connectivity index (χ1v) is 13.8. The molecule has 3 aliphatic heterocycles. The quantitative estimate of drug-likeness (QED) is 0.513. The van der Waals surface area contributed by atoms with Gasteiger partial charge in [-0.3, -0.25) is 14.4 Å². The largest absolute Gasteiger partial charge is 0.394 e. The summed E-state index contributed by atoms with van der Waals surface area (Å²) in [7, 11) is 0. The minimum atomic E-state index is -0.738. The molecule has 3 amide bonds. The van der Waals surface area contributed by atoms with Gasteiger partial charge in [0.15, 0.2) is 0 Å². The molecule has 7 nitrogen and oxygen atoms in total. The molecule has 3 fully saturated rings. The zero-order chi connectivity index (χ0) is 26.7. The van der Waals surface area contributed by atoms with Gasteiger partial charge in [0.1, 0.15) is 6.04 Å². The van der Waals surface area contributed by atoms with Crippen LogP contribution in [0.1, 0.15) is 67.7 Å². The summed E-state index contributed by atoms with van der Waals surface area (Å²) >= 11 is 1.64. The molecular formula is C28H41N3O4S. The number of hydrogen-bond acceptors (Lipinski definition) is 5. The Morgan fingerprint density at radius 3 is 2.36 bits per heavy atom. The fourth-order valence-corrected chi connectivity index (χ4v) is 9.48. The number of likely N-dealkylation sites (tertiary alicyclic amines) is 1. The molecule has 1 aromatic rings. The molecule has 1 aromatic carbocycles. The highest BCUT2D eigenvalue weighted by molar-refractivity contribution is 8.02. The van der Waals surface area contributed by atoms with Gasteiger partial charge in [-0.15, -0.1) is 11.8 Å². The van der Waals surface area contributed by atoms with Gasteiger partial charge in [0.05, 0.1) is 29.2 Å². The predicted molar refractivity (Wildman–Crippen MR) is 143 cm³/mol. The number of aliphatic hydroxyl groups is 1. The molecule has 36 heavy (non-hydrogen) atoms. The molecule has 8 heteroatoms. The van der Waals surface area contributed by atoms with Crippen LogP contribution < -0.4 is 10.6 Å². The van der Waals surface area contributed by atoms with Gasteiger partial charge in [-0.25, -0.2) is 0 Å². The van der Waals surface area contributed by atoms with Crippen molar-refractivity contribution in [2.75, 3.05) is 11.9 Å². The van der Waals surface area contributed by atoms with Crippen LogP contribution in [0.5, 0.6) is 0 Å². The third-order valence-corrected chi connectivity index (χ3v) is 9.95. The standard InChI is InChI=1S/C28H41N3O4S/c1-17(15-32)31-21(23(34)30-26(5,6)16-25(2,3)4)28-14-13-27(7,36-28)19(20(28)24(31)35)22(33)29-18-11-9-8-10-12-18/h8-12,17,19-21,32H,13-16H2,1-7H3,(H,29,33)(H,30,34)/t17-,19-,20+,21?,27+,28?/m1/s1. The summed E-state index contributed by atoms with van der Waals surface area (Å²) in [6, 6.07) is 8.01. The number of thioether (sulfide) groups is 1. The number of benzene rings is 1. The third kappa shape index (κ3) is 4.55. The molecule has 3 heterocycles. The fourth-order valence-electron chi connectivity index (χ4n) is 7.14. The van der Waals surface area contributed by atoms with Gasteiger partial charge < -0.3 is 20.6 Å². The van der Waals surface area contributed by atoms with Crippen LogP contribution in [0.15, 0.2) is 30.3 Å². The van der Waals surface area contributed by atoms with E-state index in [4.69, 9.17) is 0 Å². The van der Waals surface area contributed by atoms with Gasteiger partial charge in [0.25, 0.3) is 0 Å². The number of carbonyl (C=O) groups excluding carboxylic acids is 3. The summed E-state index contributed by atoms with van der Waals surface area (Å²) in [6.45, 7) is 14.0. The molecule has 2 bridgehead atoms. The van der Waals surface area contributed by atoms with E-state index in [-0.39, 0.29) is 29.7 Å². The molecule has 3 saturated heterocycles. The fraction of sp³-hybridized carbons (Fsp3) is 0.679. The van der Waals surface area contributed by atoms with E-state index in [1.807, 2.05) is 44.2 Å². The first kappa shape index (κ1) is 27.0. The highest BCUT2D eigenvalue weighted by Crippen LogP contribution is 2.71. The highest BCUT2D eigenvalue weighted by Gasteiger charge is 2.77. The van der Waals surface area contributed by atoms with E-state index in [1.165, 1.54) is 0 Å². The molecule has 1 spiro atoms. The van der Waals surface area contributed by atoms with Crippen LogP contribution in [0.4, 0.5) is 5.69 Å². The molecule has 3 N–H and O–H groups in total. The Hall–Kier alpha value is -2.06. The molecule has 198 valence electrons. The van der Waals surface area contributed by atoms with Crippen molar-refractivity contribution in [2.24, 2.45) is 17.3 Å². The highest BCUT2D eigenvalue weighted by atomic mass is 32.2. The van der Waals surface area contributed by atoms with E-state index >= 15 is 0 Å². The monoisotopic (exact) mass is 515 g/mol. The van der Waals surface area contributed by atoms with Crippen molar-refractivity contribution in [2.45, 2.75) is 94.8 Å². The minimum Gasteiger partial charge on any atom is -0.394 e. The van der Waals surface area contributed by atoms with Crippen LogP contribution in [0.3, 0.4) is 0 Å². The number of fused-ring (bicyclic) bond motifs is 1. The second-order valence-corrected chi connectivity index (χ2v) is 14.9. The van der Waals surface area contributed by atoms with Crippen molar-refractivity contribution in [1.82, 2.24) is 10.2 Å². The average Bonchev–Trinajstić information content (AvgIpc) is 3.32. The van der Waals surface area contributed by atoms with Gasteiger partial charge in [-0.2, -0.15) is 0 Å². The van der Waals surface area contributed by atoms with Gasteiger partial charge in [0.2, 0.25) is 17.7 Å². The predicted octanol–water partition coefficient (Wildman–Crippen LogP) is 3.82. The summed E-state index contributed by atoms with van der Waals surface area (Å²) in [4.78, 5) is 43.3. The van der Waals surface area contributed by atoms with Crippen LogP contribution >= 0.6 is 11.8 Å². The normalized spacial score (nSPS) is 32.4. The number of anilines is 1. The topological polar surface area (TPSA) is 98.7 Å². The zero-order valence-electron chi connectivity index (χ0n) is 22.6. The zero-order valence-corrected chi connectivity index (χ0v) is 23.4. The minimum absolute atomic E-state index is 0.00976. The molecular weight excluding hydrogens is 474 g/mol. The molecule has 3 aliphatic rings. The lowest BCUT2D eigenvalue weighted by molar-refractivity contribution is -0.142. The van der Waals surface area contributed by atoms with E-state index in [2.05, 4.69) is 38.3 Å². The first-order chi connectivity index (χ1) is 16.6. The van der Waals surface area contributed by atoms with Gasteiger partial charge in [-0.1, -0.05) is 39.0 Å². The number of amides is 3. The van der Waals surface area contributed by atoms with Crippen molar-refractivity contribution in [1.29, 1.82) is 0 Å².